The number of quaternary nitrogens is 1. The Morgan fingerprint density at radius 1 is 1.35 bits per heavy atom. The number of aryl methyl sites for hydroxylation is 1. The highest BCUT2D eigenvalue weighted by molar-refractivity contribution is 5.89. The van der Waals surface area contributed by atoms with Gasteiger partial charge < -0.3 is 20.3 Å². The van der Waals surface area contributed by atoms with Crippen molar-refractivity contribution in [2.45, 2.75) is 13.3 Å². The zero-order chi connectivity index (χ0) is 14.2. The Bertz CT molecular complexity index is 431. The number of morpholine rings is 1. The smallest absolute Gasteiger partial charge is 0.319 e. The van der Waals surface area contributed by atoms with Crippen LogP contribution in [0.5, 0.6) is 0 Å². The van der Waals surface area contributed by atoms with Crippen molar-refractivity contribution in [2.24, 2.45) is 0 Å². The Kier molecular flexibility index (Phi) is 5.83. The van der Waals surface area contributed by atoms with Gasteiger partial charge in [-0.05, 0) is 24.6 Å². The van der Waals surface area contributed by atoms with Crippen LogP contribution in [0.15, 0.2) is 24.3 Å². The van der Waals surface area contributed by atoms with E-state index >= 15 is 0 Å². The average Bonchev–Trinajstić information content (AvgIpc) is 2.45. The van der Waals surface area contributed by atoms with Crippen molar-refractivity contribution >= 4 is 11.7 Å². The van der Waals surface area contributed by atoms with Crippen LogP contribution in [0.25, 0.3) is 0 Å². The first-order valence-corrected chi connectivity index (χ1v) is 7.27. The van der Waals surface area contributed by atoms with Crippen molar-refractivity contribution in [1.29, 1.82) is 0 Å². The summed E-state index contributed by atoms with van der Waals surface area (Å²) in [5.41, 5.74) is 1.97. The van der Waals surface area contributed by atoms with Gasteiger partial charge in [-0.3, -0.25) is 0 Å². The average molecular weight is 278 g/mol. The van der Waals surface area contributed by atoms with Crippen molar-refractivity contribution in [2.75, 3.05) is 44.7 Å². The zero-order valence-electron chi connectivity index (χ0n) is 12.1. The predicted molar refractivity (Wildman–Crippen MR) is 79.2 cm³/mol. The first-order valence-electron chi connectivity index (χ1n) is 7.27. The number of rotatable bonds is 5. The lowest BCUT2D eigenvalue weighted by atomic mass is 10.2. The quantitative estimate of drug-likeness (QED) is 0.684. The maximum Gasteiger partial charge on any atom is 0.319 e. The molecule has 1 aliphatic heterocycles. The van der Waals surface area contributed by atoms with E-state index in [1.165, 1.54) is 0 Å². The molecule has 0 bridgehead atoms. The largest absolute Gasteiger partial charge is 0.370 e. The number of amides is 2. The molecule has 1 saturated heterocycles. The SMILES string of the molecule is Cc1cccc(NC(=O)NCCC[NH+]2CCOCC2)c1. The van der Waals surface area contributed by atoms with Gasteiger partial charge in [0.25, 0.3) is 0 Å². The molecule has 5 heteroatoms. The van der Waals surface area contributed by atoms with E-state index in [0.29, 0.717) is 6.54 Å². The van der Waals surface area contributed by atoms with Crippen LogP contribution in [0.1, 0.15) is 12.0 Å². The molecular weight excluding hydrogens is 254 g/mol. The van der Waals surface area contributed by atoms with E-state index in [1.54, 1.807) is 4.90 Å². The molecule has 0 radical (unpaired) electrons. The Hall–Kier alpha value is -1.59. The maximum atomic E-state index is 11.7. The van der Waals surface area contributed by atoms with Crippen LogP contribution in [-0.2, 0) is 4.74 Å². The molecule has 3 N–H and O–H groups in total. The number of benzene rings is 1. The lowest BCUT2D eigenvalue weighted by Crippen LogP contribution is -3.14. The van der Waals surface area contributed by atoms with Gasteiger partial charge in [0.15, 0.2) is 0 Å². The fourth-order valence-electron chi connectivity index (χ4n) is 2.35. The summed E-state index contributed by atoms with van der Waals surface area (Å²) in [6.07, 6.45) is 0.997. The fraction of sp³-hybridized carbons (Fsp3) is 0.533. The molecule has 1 heterocycles. The molecule has 0 atom stereocenters. The highest BCUT2D eigenvalue weighted by atomic mass is 16.5. The standard InChI is InChI=1S/C15H23N3O2/c1-13-4-2-5-14(12-13)17-15(19)16-6-3-7-18-8-10-20-11-9-18/h2,4-5,12H,3,6-11H2,1H3,(H2,16,17,19)/p+1. The van der Waals surface area contributed by atoms with Gasteiger partial charge >= 0.3 is 6.03 Å². The molecule has 0 aliphatic carbocycles. The van der Waals surface area contributed by atoms with Crippen molar-refractivity contribution in [3.63, 3.8) is 0 Å². The number of anilines is 1. The van der Waals surface area contributed by atoms with E-state index in [4.69, 9.17) is 4.74 Å². The third kappa shape index (κ3) is 5.19. The highest BCUT2D eigenvalue weighted by Crippen LogP contribution is 2.08. The minimum absolute atomic E-state index is 0.132. The molecule has 2 amide bonds. The first kappa shape index (κ1) is 14.8. The van der Waals surface area contributed by atoms with Gasteiger partial charge in [0.1, 0.15) is 13.1 Å². The van der Waals surface area contributed by atoms with Crippen molar-refractivity contribution in [3.05, 3.63) is 29.8 Å². The Labute approximate surface area is 120 Å². The van der Waals surface area contributed by atoms with Gasteiger partial charge in [0.05, 0.1) is 19.8 Å². The number of ether oxygens (including phenoxy) is 1. The van der Waals surface area contributed by atoms with Crippen LogP contribution < -0.4 is 15.5 Å². The van der Waals surface area contributed by atoms with Crippen LogP contribution in [0, 0.1) is 6.92 Å². The number of urea groups is 1. The fourth-order valence-corrected chi connectivity index (χ4v) is 2.35. The molecule has 0 spiro atoms. The van der Waals surface area contributed by atoms with E-state index in [9.17, 15) is 4.79 Å². The van der Waals surface area contributed by atoms with E-state index in [2.05, 4.69) is 10.6 Å². The number of hydrogen-bond acceptors (Lipinski definition) is 2. The molecule has 20 heavy (non-hydrogen) atoms. The minimum Gasteiger partial charge on any atom is -0.370 e. The second kappa shape index (κ2) is 7.87. The summed E-state index contributed by atoms with van der Waals surface area (Å²) < 4.78 is 5.32. The number of hydrogen-bond donors (Lipinski definition) is 3. The Morgan fingerprint density at radius 2 is 2.15 bits per heavy atom. The second-order valence-corrected chi connectivity index (χ2v) is 5.22. The molecule has 0 unspecified atom stereocenters. The third-order valence-electron chi connectivity index (χ3n) is 3.47. The molecule has 5 nitrogen and oxygen atoms in total. The molecule has 0 saturated carbocycles. The molecule has 1 aromatic carbocycles. The van der Waals surface area contributed by atoms with Crippen LogP contribution >= 0.6 is 0 Å². The van der Waals surface area contributed by atoms with Gasteiger partial charge in [-0.25, -0.2) is 4.79 Å². The monoisotopic (exact) mass is 278 g/mol. The molecular formula is C15H24N3O2+. The summed E-state index contributed by atoms with van der Waals surface area (Å²) in [6, 6.07) is 7.66. The summed E-state index contributed by atoms with van der Waals surface area (Å²) in [5, 5.41) is 5.74. The summed E-state index contributed by atoms with van der Waals surface area (Å²) in [6.45, 7) is 7.68. The molecule has 0 aromatic heterocycles. The molecule has 110 valence electrons. The summed E-state index contributed by atoms with van der Waals surface area (Å²) in [5.74, 6) is 0. The predicted octanol–water partition coefficient (Wildman–Crippen LogP) is 0.422. The molecule has 1 aliphatic rings. The van der Waals surface area contributed by atoms with E-state index < -0.39 is 0 Å². The van der Waals surface area contributed by atoms with Crippen LogP contribution in [0.3, 0.4) is 0 Å². The zero-order valence-corrected chi connectivity index (χ0v) is 12.1. The van der Waals surface area contributed by atoms with Crippen molar-refractivity contribution in [1.82, 2.24) is 5.32 Å². The molecule has 1 aromatic rings. The number of carbonyl (C=O) groups is 1. The highest BCUT2D eigenvalue weighted by Gasteiger charge is 2.12. The topological polar surface area (TPSA) is 54.8 Å². The number of carbonyl (C=O) groups excluding carboxylic acids is 1. The van der Waals surface area contributed by atoms with Crippen LogP contribution in [0.4, 0.5) is 10.5 Å². The summed E-state index contributed by atoms with van der Waals surface area (Å²) in [4.78, 5) is 13.3. The lowest BCUT2D eigenvalue weighted by Gasteiger charge is -2.23. The third-order valence-corrected chi connectivity index (χ3v) is 3.47. The Balaban J connectivity index is 1.60. The Morgan fingerprint density at radius 3 is 2.90 bits per heavy atom. The lowest BCUT2D eigenvalue weighted by molar-refractivity contribution is -0.908. The van der Waals surface area contributed by atoms with E-state index in [1.807, 2.05) is 31.2 Å². The van der Waals surface area contributed by atoms with Crippen LogP contribution in [0.2, 0.25) is 0 Å². The molecule has 1 fully saturated rings. The van der Waals surface area contributed by atoms with Gasteiger partial charge in [0, 0.05) is 18.7 Å². The van der Waals surface area contributed by atoms with E-state index in [-0.39, 0.29) is 6.03 Å². The van der Waals surface area contributed by atoms with E-state index in [0.717, 1.165) is 50.5 Å². The van der Waals surface area contributed by atoms with Crippen molar-refractivity contribution in [3.8, 4) is 0 Å². The van der Waals surface area contributed by atoms with Gasteiger partial charge in [-0.2, -0.15) is 0 Å². The van der Waals surface area contributed by atoms with Gasteiger partial charge in [-0.1, -0.05) is 12.1 Å². The summed E-state index contributed by atoms with van der Waals surface area (Å²) in [7, 11) is 0. The second-order valence-electron chi connectivity index (χ2n) is 5.22. The first-order chi connectivity index (χ1) is 9.74. The normalized spacial score (nSPS) is 15.8. The maximum absolute atomic E-state index is 11.7. The van der Waals surface area contributed by atoms with Crippen molar-refractivity contribution < 1.29 is 14.4 Å². The minimum atomic E-state index is -0.132. The summed E-state index contributed by atoms with van der Waals surface area (Å²) >= 11 is 0. The molecule has 2 rings (SSSR count). The van der Waals surface area contributed by atoms with Gasteiger partial charge in [0.2, 0.25) is 0 Å². The van der Waals surface area contributed by atoms with Gasteiger partial charge in [-0.15, -0.1) is 0 Å². The number of nitrogens with one attached hydrogen (secondary N) is 3. The van der Waals surface area contributed by atoms with Crippen LogP contribution in [-0.4, -0.2) is 45.4 Å².